The van der Waals surface area contributed by atoms with Crippen molar-refractivity contribution in [2.45, 2.75) is 18.8 Å². The number of carbonyl (C=O) groups is 1. The molecule has 0 fully saturated rings. The molecule has 0 spiro atoms. The van der Waals surface area contributed by atoms with E-state index in [1.807, 2.05) is 54.6 Å². The van der Waals surface area contributed by atoms with Crippen LogP contribution in [0.25, 0.3) is 5.57 Å². The Kier molecular flexibility index (Phi) is 4.84. The first kappa shape index (κ1) is 17.2. The number of hydrogen-bond acceptors (Lipinski definition) is 2. The van der Waals surface area contributed by atoms with Crippen LogP contribution in [-0.2, 0) is 4.79 Å². The molecule has 27 heavy (non-hydrogen) atoms. The van der Waals surface area contributed by atoms with Gasteiger partial charge in [0.25, 0.3) is 0 Å². The minimum absolute atomic E-state index is 0.0443. The highest BCUT2D eigenvalue weighted by atomic mass is 19.1. The maximum atomic E-state index is 13.2. The van der Waals surface area contributed by atoms with E-state index in [9.17, 15) is 9.18 Å². The number of rotatable bonds is 4. The molecule has 134 valence electrons. The SMILES string of the molecule is O=C1C=C(c2ccccc2Oc2ccccc2)C[C@@H](c2ccc(F)cc2)C1. The number of ketones is 1. The Morgan fingerprint density at radius 1 is 0.815 bits per heavy atom. The zero-order valence-electron chi connectivity index (χ0n) is 14.8. The summed E-state index contributed by atoms with van der Waals surface area (Å²) in [5.41, 5.74) is 2.85. The molecule has 0 saturated carbocycles. The Labute approximate surface area is 157 Å². The van der Waals surface area contributed by atoms with Crippen LogP contribution in [0.2, 0.25) is 0 Å². The summed E-state index contributed by atoms with van der Waals surface area (Å²) in [6.07, 6.45) is 2.87. The van der Waals surface area contributed by atoms with E-state index in [0.717, 1.165) is 28.2 Å². The molecular weight excluding hydrogens is 339 g/mol. The predicted octanol–water partition coefficient (Wildman–Crippen LogP) is 6.15. The van der Waals surface area contributed by atoms with E-state index in [2.05, 4.69) is 0 Å². The summed E-state index contributed by atoms with van der Waals surface area (Å²) in [4.78, 5) is 12.4. The minimum atomic E-state index is -0.266. The second kappa shape index (κ2) is 7.58. The fourth-order valence-corrected chi connectivity index (χ4v) is 3.49. The van der Waals surface area contributed by atoms with Crippen molar-refractivity contribution in [2.75, 3.05) is 0 Å². The number of hydrogen-bond donors (Lipinski definition) is 0. The van der Waals surface area contributed by atoms with Crippen LogP contribution < -0.4 is 4.74 Å². The fourth-order valence-electron chi connectivity index (χ4n) is 3.49. The summed E-state index contributed by atoms with van der Waals surface area (Å²) in [5, 5.41) is 0. The van der Waals surface area contributed by atoms with Gasteiger partial charge in [0.2, 0.25) is 0 Å². The molecule has 0 aliphatic heterocycles. The predicted molar refractivity (Wildman–Crippen MR) is 104 cm³/mol. The van der Waals surface area contributed by atoms with Crippen molar-refractivity contribution in [1.29, 1.82) is 0 Å². The van der Waals surface area contributed by atoms with Crippen LogP contribution in [-0.4, -0.2) is 5.78 Å². The Bertz CT molecular complexity index is 975. The standard InChI is InChI=1S/C24H19FO2/c25-20-12-10-17(11-13-20)18-14-19(16-21(26)15-18)23-8-4-5-9-24(23)27-22-6-2-1-3-7-22/h1-13,16,18H,14-15H2/t18-/m1/s1. The molecule has 0 aromatic heterocycles. The van der Waals surface area contributed by atoms with Crippen LogP contribution in [0.1, 0.15) is 29.9 Å². The molecule has 0 N–H and O–H groups in total. The fraction of sp³-hybridized carbons (Fsp3) is 0.125. The molecule has 1 atom stereocenters. The Morgan fingerprint density at radius 3 is 2.30 bits per heavy atom. The average molecular weight is 358 g/mol. The lowest BCUT2D eigenvalue weighted by Gasteiger charge is -2.24. The maximum absolute atomic E-state index is 13.2. The van der Waals surface area contributed by atoms with Crippen LogP contribution in [0.4, 0.5) is 4.39 Å². The summed E-state index contributed by atoms with van der Waals surface area (Å²) >= 11 is 0. The van der Waals surface area contributed by atoms with E-state index in [1.54, 1.807) is 18.2 Å². The molecule has 0 saturated heterocycles. The molecule has 2 nitrogen and oxygen atoms in total. The van der Waals surface area contributed by atoms with Crippen molar-refractivity contribution in [3.8, 4) is 11.5 Å². The van der Waals surface area contributed by atoms with Gasteiger partial charge in [-0.15, -0.1) is 0 Å². The summed E-state index contributed by atoms with van der Waals surface area (Å²) < 4.78 is 19.3. The van der Waals surface area contributed by atoms with Crippen LogP contribution in [0, 0.1) is 5.82 Å². The lowest BCUT2D eigenvalue weighted by atomic mass is 9.81. The summed E-state index contributed by atoms with van der Waals surface area (Å²) in [6.45, 7) is 0. The zero-order chi connectivity index (χ0) is 18.6. The highest BCUT2D eigenvalue weighted by Gasteiger charge is 2.24. The number of allylic oxidation sites excluding steroid dienone is 2. The first-order chi connectivity index (χ1) is 13.2. The van der Waals surface area contributed by atoms with Crippen molar-refractivity contribution < 1.29 is 13.9 Å². The second-order valence-electron chi connectivity index (χ2n) is 6.70. The highest BCUT2D eigenvalue weighted by Crippen LogP contribution is 2.39. The summed E-state index contributed by atoms with van der Waals surface area (Å²) in [7, 11) is 0. The second-order valence-corrected chi connectivity index (χ2v) is 6.70. The van der Waals surface area contributed by atoms with Crippen molar-refractivity contribution in [3.05, 3.63) is 102 Å². The molecular formula is C24H19FO2. The largest absolute Gasteiger partial charge is 0.457 e. The number of halogens is 1. The van der Waals surface area contributed by atoms with Gasteiger partial charge in [0, 0.05) is 12.0 Å². The van der Waals surface area contributed by atoms with Gasteiger partial charge in [-0.3, -0.25) is 4.79 Å². The first-order valence-electron chi connectivity index (χ1n) is 9.00. The molecule has 0 radical (unpaired) electrons. The minimum Gasteiger partial charge on any atom is -0.457 e. The van der Waals surface area contributed by atoms with E-state index < -0.39 is 0 Å². The van der Waals surface area contributed by atoms with Crippen molar-refractivity contribution >= 4 is 11.4 Å². The Balaban J connectivity index is 1.64. The van der Waals surface area contributed by atoms with Gasteiger partial charge in [-0.25, -0.2) is 4.39 Å². The molecule has 3 heteroatoms. The van der Waals surface area contributed by atoms with Crippen molar-refractivity contribution in [3.63, 3.8) is 0 Å². The van der Waals surface area contributed by atoms with Crippen LogP contribution in [0.3, 0.4) is 0 Å². The quantitative estimate of drug-likeness (QED) is 0.559. The molecule has 3 aromatic carbocycles. The molecule has 3 aromatic rings. The maximum Gasteiger partial charge on any atom is 0.156 e. The molecule has 0 heterocycles. The average Bonchev–Trinajstić information content (AvgIpc) is 2.69. The monoisotopic (exact) mass is 358 g/mol. The first-order valence-corrected chi connectivity index (χ1v) is 9.00. The van der Waals surface area contributed by atoms with Crippen LogP contribution in [0.15, 0.2) is 84.9 Å². The molecule has 0 amide bonds. The normalized spacial score (nSPS) is 16.7. The summed E-state index contributed by atoms with van der Waals surface area (Å²) in [6, 6.07) is 23.8. The van der Waals surface area contributed by atoms with Crippen LogP contribution >= 0.6 is 0 Å². The Morgan fingerprint density at radius 2 is 1.52 bits per heavy atom. The number of benzene rings is 3. The molecule has 1 aliphatic carbocycles. The lowest BCUT2D eigenvalue weighted by Crippen LogP contribution is -2.12. The third-order valence-corrected chi connectivity index (χ3v) is 4.79. The van der Waals surface area contributed by atoms with Crippen molar-refractivity contribution in [2.24, 2.45) is 0 Å². The molecule has 1 aliphatic rings. The van der Waals surface area contributed by atoms with Gasteiger partial charge in [-0.2, -0.15) is 0 Å². The van der Waals surface area contributed by atoms with Gasteiger partial charge in [-0.05, 0) is 59.9 Å². The van der Waals surface area contributed by atoms with E-state index in [-0.39, 0.29) is 17.5 Å². The van der Waals surface area contributed by atoms with Gasteiger partial charge in [0.1, 0.15) is 17.3 Å². The topological polar surface area (TPSA) is 26.3 Å². The molecule has 4 rings (SSSR count). The van der Waals surface area contributed by atoms with Crippen molar-refractivity contribution in [1.82, 2.24) is 0 Å². The van der Waals surface area contributed by atoms with E-state index in [4.69, 9.17) is 4.74 Å². The van der Waals surface area contributed by atoms with Gasteiger partial charge in [0.05, 0.1) is 0 Å². The highest BCUT2D eigenvalue weighted by molar-refractivity contribution is 5.99. The third-order valence-electron chi connectivity index (χ3n) is 4.79. The van der Waals surface area contributed by atoms with Gasteiger partial charge in [-0.1, -0.05) is 48.5 Å². The number of para-hydroxylation sites is 2. The van der Waals surface area contributed by atoms with Gasteiger partial charge in [0.15, 0.2) is 5.78 Å². The van der Waals surface area contributed by atoms with E-state index in [1.165, 1.54) is 12.1 Å². The number of ether oxygens (including phenoxy) is 1. The molecule has 0 bridgehead atoms. The third kappa shape index (κ3) is 3.98. The number of carbonyl (C=O) groups excluding carboxylic acids is 1. The lowest BCUT2D eigenvalue weighted by molar-refractivity contribution is -0.115. The zero-order valence-corrected chi connectivity index (χ0v) is 14.8. The van der Waals surface area contributed by atoms with Gasteiger partial charge >= 0.3 is 0 Å². The molecule has 0 unspecified atom stereocenters. The van der Waals surface area contributed by atoms with Crippen LogP contribution in [0.5, 0.6) is 11.5 Å². The summed E-state index contributed by atoms with van der Waals surface area (Å²) in [5.74, 6) is 1.34. The van der Waals surface area contributed by atoms with E-state index >= 15 is 0 Å². The smallest absolute Gasteiger partial charge is 0.156 e. The Hall–Kier alpha value is -3.20. The van der Waals surface area contributed by atoms with E-state index in [0.29, 0.717) is 12.8 Å². The van der Waals surface area contributed by atoms with Gasteiger partial charge < -0.3 is 4.74 Å².